The molecule has 0 radical (unpaired) electrons. The summed E-state index contributed by atoms with van der Waals surface area (Å²) in [6, 6.07) is 25.7. The number of ketones is 1. The van der Waals surface area contributed by atoms with E-state index in [0.29, 0.717) is 10.6 Å². The Kier molecular flexibility index (Phi) is 10.1. The predicted molar refractivity (Wildman–Crippen MR) is 158 cm³/mol. The molecule has 0 bridgehead atoms. The van der Waals surface area contributed by atoms with Gasteiger partial charge in [0.2, 0.25) is 0 Å². The van der Waals surface area contributed by atoms with Crippen molar-refractivity contribution in [1.82, 2.24) is 10.6 Å². The molecule has 1 amide bonds. The van der Waals surface area contributed by atoms with E-state index in [4.69, 9.17) is 11.6 Å². The van der Waals surface area contributed by atoms with Crippen molar-refractivity contribution in [2.45, 2.75) is 18.6 Å². The Hall–Kier alpha value is -4.73. The molecule has 4 aromatic carbocycles. The second kappa shape index (κ2) is 14.0. The fourth-order valence-electron chi connectivity index (χ4n) is 4.21. The number of benzene rings is 4. The third-order valence-corrected chi connectivity index (χ3v) is 6.74. The Balaban J connectivity index is 1.56. The SMILES string of the molecule is O=C(CNC(Cc1ccc(Cl)cc1)C(=O)O)C(=Cc1cccc(C(F)(F)F)c1)NC(=O)c1ccc(-c2ccccc2)cc1. The minimum absolute atomic E-state index is 0.0221. The number of hydrogen-bond donors (Lipinski definition) is 3. The van der Waals surface area contributed by atoms with Gasteiger partial charge in [0, 0.05) is 10.6 Å². The fourth-order valence-corrected chi connectivity index (χ4v) is 4.34. The summed E-state index contributed by atoms with van der Waals surface area (Å²) in [5.74, 6) is -2.61. The lowest BCUT2D eigenvalue weighted by Gasteiger charge is -2.16. The molecule has 3 N–H and O–H groups in total. The Morgan fingerprint density at radius 3 is 2.12 bits per heavy atom. The van der Waals surface area contributed by atoms with Crippen LogP contribution in [0.1, 0.15) is 27.0 Å². The van der Waals surface area contributed by atoms with Gasteiger partial charge < -0.3 is 10.4 Å². The Labute approximate surface area is 250 Å². The number of carboxylic acid groups (broad SMARTS) is 1. The Morgan fingerprint density at radius 1 is 0.837 bits per heavy atom. The van der Waals surface area contributed by atoms with Crippen LogP contribution in [0.15, 0.2) is 109 Å². The maximum absolute atomic E-state index is 13.3. The molecule has 0 spiro atoms. The second-order valence-corrected chi connectivity index (χ2v) is 10.0. The van der Waals surface area contributed by atoms with Crippen LogP contribution in [0, 0.1) is 0 Å². The smallest absolute Gasteiger partial charge is 0.416 e. The second-order valence-electron chi connectivity index (χ2n) is 9.60. The van der Waals surface area contributed by atoms with E-state index in [-0.39, 0.29) is 23.2 Å². The molecular weight excluding hydrogens is 581 g/mol. The van der Waals surface area contributed by atoms with Gasteiger partial charge in [0.15, 0.2) is 5.78 Å². The fraction of sp³-hybridized carbons (Fsp3) is 0.121. The summed E-state index contributed by atoms with van der Waals surface area (Å²) < 4.78 is 39.9. The van der Waals surface area contributed by atoms with Crippen LogP contribution in [-0.4, -0.2) is 35.4 Å². The number of rotatable bonds is 11. The van der Waals surface area contributed by atoms with E-state index in [1.165, 1.54) is 12.1 Å². The van der Waals surface area contributed by atoms with E-state index in [1.54, 1.807) is 48.5 Å². The van der Waals surface area contributed by atoms with Crippen molar-refractivity contribution >= 4 is 35.3 Å². The summed E-state index contributed by atoms with van der Waals surface area (Å²) in [7, 11) is 0. The van der Waals surface area contributed by atoms with Gasteiger partial charge in [0.05, 0.1) is 17.8 Å². The molecule has 43 heavy (non-hydrogen) atoms. The largest absolute Gasteiger partial charge is 0.480 e. The lowest BCUT2D eigenvalue weighted by Crippen LogP contribution is -2.43. The third kappa shape index (κ3) is 8.88. The number of alkyl halides is 3. The summed E-state index contributed by atoms with van der Waals surface area (Å²) in [6.45, 7) is -0.511. The molecule has 0 aliphatic rings. The number of halogens is 4. The topological polar surface area (TPSA) is 95.5 Å². The molecule has 0 saturated carbocycles. The number of Topliss-reactive ketones (excluding diaryl/α,β-unsaturated/α-hetero) is 1. The highest BCUT2D eigenvalue weighted by Gasteiger charge is 2.30. The zero-order valence-corrected chi connectivity index (χ0v) is 23.3. The van der Waals surface area contributed by atoms with Gasteiger partial charge in [-0.25, -0.2) is 0 Å². The van der Waals surface area contributed by atoms with Gasteiger partial charge in [-0.15, -0.1) is 0 Å². The van der Waals surface area contributed by atoms with Crippen molar-refractivity contribution in [3.63, 3.8) is 0 Å². The van der Waals surface area contributed by atoms with Gasteiger partial charge in [-0.2, -0.15) is 13.2 Å². The van der Waals surface area contributed by atoms with Crippen molar-refractivity contribution in [1.29, 1.82) is 0 Å². The number of hydrogen-bond acceptors (Lipinski definition) is 4. The number of aliphatic carboxylic acids is 1. The normalized spacial score (nSPS) is 12.4. The number of carbonyl (C=O) groups is 3. The average molecular weight is 607 g/mol. The Bertz CT molecular complexity index is 1620. The van der Waals surface area contributed by atoms with Crippen molar-refractivity contribution in [3.05, 3.63) is 136 Å². The molecule has 4 rings (SSSR count). The monoisotopic (exact) mass is 606 g/mol. The number of carboxylic acids is 1. The van der Waals surface area contributed by atoms with Crippen molar-refractivity contribution < 1.29 is 32.7 Å². The standard InChI is InChI=1S/C33H26ClF3N2O4/c34-27-15-9-21(10-16-27)18-29(32(42)43)38-20-30(40)28(19-22-5-4-8-26(17-22)33(35,36)37)39-31(41)25-13-11-24(12-14-25)23-6-2-1-3-7-23/h1-17,19,29,38H,18,20H2,(H,39,41)(H,42,43). The van der Waals surface area contributed by atoms with E-state index < -0.39 is 42.0 Å². The molecule has 1 atom stereocenters. The molecule has 10 heteroatoms. The summed E-state index contributed by atoms with van der Waals surface area (Å²) in [5, 5.41) is 15.3. The summed E-state index contributed by atoms with van der Waals surface area (Å²) >= 11 is 5.89. The van der Waals surface area contributed by atoms with Crippen LogP contribution in [-0.2, 0) is 22.2 Å². The molecule has 220 valence electrons. The van der Waals surface area contributed by atoms with Gasteiger partial charge in [-0.05, 0) is 71.1 Å². The van der Waals surface area contributed by atoms with Crippen molar-refractivity contribution in [3.8, 4) is 11.1 Å². The van der Waals surface area contributed by atoms with Crippen LogP contribution in [0.2, 0.25) is 5.02 Å². The van der Waals surface area contributed by atoms with Crippen LogP contribution in [0.4, 0.5) is 13.2 Å². The van der Waals surface area contributed by atoms with Crippen LogP contribution >= 0.6 is 11.6 Å². The first-order valence-corrected chi connectivity index (χ1v) is 13.5. The highest BCUT2D eigenvalue weighted by molar-refractivity contribution is 6.30. The van der Waals surface area contributed by atoms with E-state index in [0.717, 1.165) is 29.3 Å². The van der Waals surface area contributed by atoms with Crippen LogP contribution in [0.3, 0.4) is 0 Å². The molecule has 0 saturated heterocycles. The van der Waals surface area contributed by atoms with Crippen LogP contribution in [0.5, 0.6) is 0 Å². The lowest BCUT2D eigenvalue weighted by molar-refractivity contribution is -0.139. The van der Waals surface area contributed by atoms with Gasteiger partial charge in [-0.3, -0.25) is 19.7 Å². The molecule has 1 unspecified atom stereocenters. The highest BCUT2D eigenvalue weighted by atomic mass is 35.5. The zero-order valence-electron chi connectivity index (χ0n) is 22.6. The van der Waals surface area contributed by atoms with Crippen molar-refractivity contribution in [2.24, 2.45) is 0 Å². The van der Waals surface area contributed by atoms with Gasteiger partial charge in [0.25, 0.3) is 5.91 Å². The quantitative estimate of drug-likeness (QED) is 0.166. The average Bonchev–Trinajstić information content (AvgIpc) is 2.99. The van der Waals surface area contributed by atoms with Gasteiger partial charge in [0.1, 0.15) is 6.04 Å². The Morgan fingerprint density at radius 2 is 1.49 bits per heavy atom. The first-order chi connectivity index (χ1) is 20.5. The minimum Gasteiger partial charge on any atom is -0.480 e. The third-order valence-electron chi connectivity index (χ3n) is 6.49. The van der Waals surface area contributed by atoms with Gasteiger partial charge in [-0.1, -0.05) is 78.3 Å². The lowest BCUT2D eigenvalue weighted by atomic mass is 10.0. The molecule has 6 nitrogen and oxygen atoms in total. The van der Waals surface area contributed by atoms with E-state index in [2.05, 4.69) is 10.6 Å². The van der Waals surface area contributed by atoms with Crippen LogP contribution < -0.4 is 10.6 Å². The molecule has 0 aromatic heterocycles. The first-order valence-electron chi connectivity index (χ1n) is 13.1. The summed E-state index contributed by atoms with van der Waals surface area (Å²) in [4.78, 5) is 38.3. The maximum atomic E-state index is 13.3. The van der Waals surface area contributed by atoms with Crippen molar-refractivity contribution in [2.75, 3.05) is 6.54 Å². The number of carbonyl (C=O) groups excluding carboxylic acids is 2. The molecular formula is C33H26ClF3N2O4. The number of nitrogens with one attached hydrogen (secondary N) is 2. The minimum atomic E-state index is -4.62. The highest BCUT2D eigenvalue weighted by Crippen LogP contribution is 2.30. The summed E-state index contributed by atoms with van der Waals surface area (Å²) in [5.41, 5.74) is 1.45. The maximum Gasteiger partial charge on any atom is 0.416 e. The molecule has 0 aliphatic carbocycles. The van der Waals surface area contributed by atoms with E-state index in [1.807, 2.05) is 30.3 Å². The first kappa shape index (κ1) is 31.2. The molecule has 0 fully saturated rings. The van der Waals surface area contributed by atoms with E-state index in [9.17, 15) is 32.7 Å². The molecule has 0 heterocycles. The van der Waals surface area contributed by atoms with E-state index >= 15 is 0 Å². The van der Waals surface area contributed by atoms with Crippen LogP contribution in [0.25, 0.3) is 17.2 Å². The molecule has 0 aliphatic heterocycles. The number of amides is 1. The van der Waals surface area contributed by atoms with Gasteiger partial charge >= 0.3 is 12.1 Å². The summed E-state index contributed by atoms with van der Waals surface area (Å²) in [6.07, 6.45) is -3.45. The molecule has 4 aromatic rings. The predicted octanol–water partition coefficient (Wildman–Crippen LogP) is 6.65. The zero-order chi connectivity index (χ0) is 31.0.